The number of amides is 3. The highest BCUT2D eigenvalue weighted by atomic mass is 79.9. The number of aliphatic carboxylic acids is 1. The fourth-order valence-electron chi connectivity index (χ4n) is 3.00. The molecule has 2 aromatic carbocycles. The number of halogens is 4. The predicted octanol–water partition coefficient (Wildman–Crippen LogP) is 4.61. The van der Waals surface area contributed by atoms with Crippen molar-refractivity contribution in [2.75, 3.05) is 25.6 Å². The molecule has 1 aliphatic heterocycles. The maximum Gasteiger partial charge on any atom is 0.416 e. The Labute approximate surface area is 214 Å². The first-order valence-corrected chi connectivity index (χ1v) is 11.4. The molecule has 1 fully saturated rings. The van der Waals surface area contributed by atoms with E-state index in [1.54, 1.807) is 6.07 Å². The second kappa shape index (κ2) is 11.0. The Morgan fingerprint density at radius 1 is 1.17 bits per heavy atom. The second-order valence-corrected chi connectivity index (χ2v) is 9.00. The monoisotopic (exact) mass is 588 g/mol. The van der Waals surface area contributed by atoms with Crippen molar-refractivity contribution in [3.05, 3.63) is 56.9 Å². The number of ether oxygens (including phenoxy) is 2. The van der Waals surface area contributed by atoms with Crippen molar-refractivity contribution in [2.45, 2.75) is 6.18 Å². The fraction of sp³-hybridized carbons (Fsp3) is 0.182. The van der Waals surface area contributed by atoms with Crippen LogP contribution in [0.3, 0.4) is 0 Å². The summed E-state index contributed by atoms with van der Waals surface area (Å²) in [5.41, 5.74) is -1.01. The maximum absolute atomic E-state index is 13.0. The van der Waals surface area contributed by atoms with E-state index in [2.05, 4.69) is 21.2 Å². The molecule has 3 amide bonds. The van der Waals surface area contributed by atoms with Crippen LogP contribution in [0.25, 0.3) is 6.08 Å². The van der Waals surface area contributed by atoms with Crippen LogP contribution in [0, 0.1) is 0 Å². The van der Waals surface area contributed by atoms with Gasteiger partial charge in [0.2, 0.25) is 5.91 Å². The maximum atomic E-state index is 13.0. The van der Waals surface area contributed by atoms with Gasteiger partial charge in [0.1, 0.15) is 18.0 Å². The lowest BCUT2D eigenvalue weighted by Crippen LogP contribution is -2.36. The quantitative estimate of drug-likeness (QED) is 0.428. The van der Waals surface area contributed by atoms with Gasteiger partial charge in [-0.05, 0) is 54.2 Å². The summed E-state index contributed by atoms with van der Waals surface area (Å²) in [5.74, 6) is -2.87. The van der Waals surface area contributed by atoms with Gasteiger partial charge in [-0.2, -0.15) is 13.2 Å². The van der Waals surface area contributed by atoms with E-state index in [-0.39, 0.29) is 22.1 Å². The number of benzene rings is 2. The number of methoxy groups -OCH3 is 1. The summed E-state index contributed by atoms with van der Waals surface area (Å²) in [5, 5.41) is 10.3. The molecular weight excluding hydrogens is 573 g/mol. The molecule has 190 valence electrons. The molecule has 0 aromatic heterocycles. The summed E-state index contributed by atoms with van der Waals surface area (Å²) in [6.07, 6.45) is -3.36. The van der Waals surface area contributed by atoms with E-state index in [0.29, 0.717) is 32.8 Å². The number of carbonyl (C=O) groups is 4. The van der Waals surface area contributed by atoms with Crippen molar-refractivity contribution < 1.29 is 46.9 Å². The van der Waals surface area contributed by atoms with Crippen molar-refractivity contribution in [3.8, 4) is 11.5 Å². The molecule has 0 spiro atoms. The Morgan fingerprint density at radius 3 is 2.50 bits per heavy atom. The normalized spacial score (nSPS) is 14.8. The molecule has 0 radical (unpaired) electrons. The van der Waals surface area contributed by atoms with Crippen molar-refractivity contribution in [1.82, 2.24) is 4.90 Å². The zero-order chi connectivity index (χ0) is 26.6. The Kier molecular flexibility index (Phi) is 8.30. The molecule has 2 aromatic rings. The molecule has 0 saturated carbocycles. The van der Waals surface area contributed by atoms with Crippen LogP contribution in [-0.2, 0) is 20.6 Å². The fourth-order valence-corrected chi connectivity index (χ4v) is 4.20. The highest BCUT2D eigenvalue weighted by Gasteiger charge is 2.37. The Bertz CT molecular complexity index is 1270. The number of rotatable bonds is 8. The first-order chi connectivity index (χ1) is 16.9. The highest BCUT2D eigenvalue weighted by Crippen LogP contribution is 2.36. The molecule has 1 aliphatic rings. The Balaban J connectivity index is 1.78. The van der Waals surface area contributed by atoms with E-state index in [0.717, 1.165) is 12.1 Å². The zero-order valence-electron chi connectivity index (χ0n) is 18.2. The number of imide groups is 1. The summed E-state index contributed by atoms with van der Waals surface area (Å²) >= 11 is 3.79. The standard InChI is InChI=1S/C22H16BrF3N2O7S/c1-34-16-4-2-12(22(24,25)26)8-14(16)27-18(29)9-28-20(32)17(36-21(28)33)7-11-6-13(23)3-5-15(11)35-10-19(30)31/h2-8H,9-10H2,1H3,(H,27,29)(H,30,31)/b17-7-. The number of alkyl halides is 3. The number of carboxylic acids is 1. The molecule has 1 saturated heterocycles. The number of thioether (sulfide) groups is 1. The summed E-state index contributed by atoms with van der Waals surface area (Å²) in [7, 11) is 1.20. The van der Waals surface area contributed by atoms with Gasteiger partial charge in [0.15, 0.2) is 6.61 Å². The van der Waals surface area contributed by atoms with Gasteiger partial charge >= 0.3 is 12.1 Å². The summed E-state index contributed by atoms with van der Waals surface area (Å²) in [6, 6.07) is 7.09. The molecule has 2 N–H and O–H groups in total. The minimum Gasteiger partial charge on any atom is -0.495 e. The van der Waals surface area contributed by atoms with Crippen LogP contribution >= 0.6 is 27.7 Å². The van der Waals surface area contributed by atoms with E-state index >= 15 is 0 Å². The lowest BCUT2D eigenvalue weighted by atomic mass is 10.1. The zero-order valence-corrected chi connectivity index (χ0v) is 20.6. The second-order valence-electron chi connectivity index (χ2n) is 7.09. The molecule has 0 unspecified atom stereocenters. The third-order valence-corrected chi connectivity index (χ3v) is 5.99. The highest BCUT2D eigenvalue weighted by molar-refractivity contribution is 9.10. The first kappa shape index (κ1) is 27.1. The molecule has 0 atom stereocenters. The number of nitrogens with one attached hydrogen (secondary N) is 1. The lowest BCUT2D eigenvalue weighted by molar-refractivity contribution is -0.139. The number of carboxylic acid groups (broad SMARTS) is 1. The number of anilines is 1. The number of nitrogens with zero attached hydrogens (tertiary/aromatic N) is 1. The van der Waals surface area contributed by atoms with Crippen LogP contribution < -0.4 is 14.8 Å². The van der Waals surface area contributed by atoms with Crippen LogP contribution in [0.15, 0.2) is 45.8 Å². The summed E-state index contributed by atoms with van der Waals surface area (Å²) < 4.78 is 49.9. The van der Waals surface area contributed by atoms with Gasteiger partial charge in [0.25, 0.3) is 11.1 Å². The molecule has 0 aliphatic carbocycles. The third kappa shape index (κ3) is 6.57. The van der Waals surface area contributed by atoms with Crippen LogP contribution in [-0.4, -0.2) is 53.3 Å². The number of hydrogen-bond donors (Lipinski definition) is 2. The van der Waals surface area contributed by atoms with E-state index < -0.39 is 47.9 Å². The van der Waals surface area contributed by atoms with Crippen molar-refractivity contribution in [3.63, 3.8) is 0 Å². The van der Waals surface area contributed by atoms with Crippen LogP contribution in [0.2, 0.25) is 0 Å². The van der Waals surface area contributed by atoms with Gasteiger partial charge in [-0.15, -0.1) is 0 Å². The van der Waals surface area contributed by atoms with Crippen LogP contribution in [0.1, 0.15) is 11.1 Å². The average molecular weight is 589 g/mol. The molecule has 36 heavy (non-hydrogen) atoms. The molecule has 14 heteroatoms. The molecule has 1 heterocycles. The molecule has 9 nitrogen and oxygen atoms in total. The van der Waals surface area contributed by atoms with Gasteiger partial charge in [0, 0.05) is 10.0 Å². The van der Waals surface area contributed by atoms with E-state index in [1.807, 2.05) is 0 Å². The number of carbonyl (C=O) groups excluding carboxylic acids is 3. The molecule has 0 bridgehead atoms. The van der Waals surface area contributed by atoms with Gasteiger partial charge in [-0.25, -0.2) is 4.79 Å². The van der Waals surface area contributed by atoms with Crippen molar-refractivity contribution in [2.24, 2.45) is 0 Å². The minimum absolute atomic E-state index is 0.0473. The molecule has 3 rings (SSSR count). The van der Waals surface area contributed by atoms with E-state index in [9.17, 15) is 32.3 Å². The first-order valence-electron chi connectivity index (χ1n) is 9.83. The smallest absolute Gasteiger partial charge is 0.416 e. The Morgan fingerprint density at radius 2 is 1.86 bits per heavy atom. The van der Waals surface area contributed by atoms with E-state index in [1.165, 1.54) is 25.3 Å². The summed E-state index contributed by atoms with van der Waals surface area (Å²) in [6.45, 7) is -1.40. The van der Waals surface area contributed by atoms with Gasteiger partial charge in [-0.3, -0.25) is 19.3 Å². The molecular formula is C22H16BrF3N2O7S. The average Bonchev–Trinajstić information content (AvgIpc) is 3.05. The SMILES string of the molecule is COc1ccc(C(F)(F)F)cc1NC(=O)CN1C(=O)S/C(=C\c2cc(Br)ccc2OCC(=O)O)C1=O. The van der Waals surface area contributed by atoms with Crippen molar-refractivity contribution >= 4 is 62.5 Å². The minimum atomic E-state index is -4.66. The Hall–Kier alpha value is -3.52. The topological polar surface area (TPSA) is 122 Å². The predicted molar refractivity (Wildman–Crippen MR) is 127 cm³/mol. The number of hydrogen-bond acceptors (Lipinski definition) is 7. The van der Waals surface area contributed by atoms with Gasteiger partial charge in [-0.1, -0.05) is 15.9 Å². The van der Waals surface area contributed by atoms with Crippen LogP contribution in [0.5, 0.6) is 11.5 Å². The third-order valence-electron chi connectivity index (χ3n) is 4.59. The lowest BCUT2D eigenvalue weighted by Gasteiger charge is -2.16. The van der Waals surface area contributed by atoms with Crippen molar-refractivity contribution in [1.29, 1.82) is 0 Å². The van der Waals surface area contributed by atoms with Gasteiger partial charge in [0.05, 0.1) is 23.3 Å². The summed E-state index contributed by atoms with van der Waals surface area (Å²) in [4.78, 5) is 49.1. The largest absolute Gasteiger partial charge is 0.495 e. The van der Waals surface area contributed by atoms with Crippen LogP contribution in [0.4, 0.5) is 23.7 Å². The van der Waals surface area contributed by atoms with E-state index in [4.69, 9.17) is 14.6 Å². The van der Waals surface area contributed by atoms with Gasteiger partial charge < -0.3 is 19.9 Å².